The fourth-order valence-corrected chi connectivity index (χ4v) is 1.91. The quantitative estimate of drug-likeness (QED) is 0.714. The Morgan fingerprint density at radius 2 is 2.19 bits per heavy atom. The number of hydrogen-bond donors (Lipinski definition) is 3. The van der Waals surface area contributed by atoms with Gasteiger partial charge in [0.25, 0.3) is 5.91 Å². The molecule has 7 heteroatoms. The number of carbonyl (C=O) groups excluding carboxylic acids is 2. The van der Waals surface area contributed by atoms with E-state index in [-0.39, 0.29) is 29.4 Å². The summed E-state index contributed by atoms with van der Waals surface area (Å²) in [6.07, 6.45) is 4.41. The van der Waals surface area contributed by atoms with Crippen LogP contribution in [-0.2, 0) is 4.79 Å². The van der Waals surface area contributed by atoms with E-state index in [1.807, 2.05) is 6.92 Å². The lowest BCUT2D eigenvalue weighted by Gasteiger charge is -2.09. The zero-order valence-electron chi connectivity index (χ0n) is 11.9. The average molecular weight is 311 g/mol. The molecule has 1 aromatic heterocycles. The Balaban J connectivity index is 1.91. The number of hydrogen-bond acceptors (Lipinski definition) is 4. The molecule has 1 aliphatic rings. The topological polar surface area (TPSA) is 83.1 Å². The fraction of sp³-hybridized carbons (Fsp3) is 0.500. The van der Waals surface area contributed by atoms with Crippen LogP contribution < -0.4 is 16.0 Å². The van der Waals surface area contributed by atoms with Crippen molar-refractivity contribution in [2.24, 2.45) is 0 Å². The highest BCUT2D eigenvalue weighted by atomic mass is 35.5. The van der Waals surface area contributed by atoms with Gasteiger partial charge in [-0.05, 0) is 25.3 Å². The average Bonchev–Trinajstić information content (AvgIpc) is 3.27. The number of aromatic nitrogens is 1. The molecule has 21 heavy (non-hydrogen) atoms. The summed E-state index contributed by atoms with van der Waals surface area (Å²) in [5.41, 5.74) is 0.310. The van der Waals surface area contributed by atoms with Crippen molar-refractivity contribution in [1.82, 2.24) is 15.6 Å². The van der Waals surface area contributed by atoms with Gasteiger partial charge in [-0.1, -0.05) is 18.5 Å². The lowest BCUT2D eigenvalue weighted by molar-refractivity contribution is -0.120. The summed E-state index contributed by atoms with van der Waals surface area (Å²) in [6, 6.07) is 1.87. The Morgan fingerprint density at radius 3 is 2.86 bits per heavy atom. The van der Waals surface area contributed by atoms with Gasteiger partial charge in [0.15, 0.2) is 0 Å². The van der Waals surface area contributed by atoms with Crippen LogP contribution in [0.2, 0.25) is 5.02 Å². The Kier molecular flexibility index (Phi) is 5.38. The monoisotopic (exact) mass is 310 g/mol. The maximum absolute atomic E-state index is 12.1. The highest BCUT2D eigenvalue weighted by Crippen LogP contribution is 2.19. The summed E-state index contributed by atoms with van der Waals surface area (Å²) in [4.78, 5) is 27.7. The molecule has 1 aromatic rings. The van der Waals surface area contributed by atoms with Gasteiger partial charge in [-0.3, -0.25) is 9.59 Å². The van der Waals surface area contributed by atoms with E-state index < -0.39 is 0 Å². The number of halogens is 1. The lowest BCUT2D eigenvalue weighted by atomic mass is 10.2. The Morgan fingerprint density at radius 1 is 1.43 bits per heavy atom. The number of anilines is 1. The molecule has 6 nitrogen and oxygen atoms in total. The van der Waals surface area contributed by atoms with Crippen LogP contribution in [0.15, 0.2) is 12.3 Å². The Bertz CT molecular complexity index is 532. The van der Waals surface area contributed by atoms with Gasteiger partial charge in [0.2, 0.25) is 5.91 Å². The van der Waals surface area contributed by atoms with Gasteiger partial charge >= 0.3 is 0 Å². The van der Waals surface area contributed by atoms with Gasteiger partial charge in [-0.15, -0.1) is 0 Å². The molecule has 0 saturated heterocycles. The van der Waals surface area contributed by atoms with Crippen molar-refractivity contribution in [2.75, 3.05) is 18.4 Å². The molecule has 1 heterocycles. The van der Waals surface area contributed by atoms with Gasteiger partial charge in [-0.25, -0.2) is 4.98 Å². The van der Waals surface area contributed by atoms with E-state index in [1.54, 1.807) is 6.07 Å². The van der Waals surface area contributed by atoms with Crippen molar-refractivity contribution in [3.63, 3.8) is 0 Å². The molecule has 1 aliphatic carbocycles. The minimum Gasteiger partial charge on any atom is -0.370 e. The summed E-state index contributed by atoms with van der Waals surface area (Å²) in [6.45, 7) is 2.75. The molecule has 2 rings (SSSR count). The highest BCUT2D eigenvalue weighted by Gasteiger charge is 2.23. The van der Waals surface area contributed by atoms with E-state index in [9.17, 15) is 9.59 Å². The highest BCUT2D eigenvalue weighted by molar-refractivity contribution is 6.33. The second-order valence-electron chi connectivity index (χ2n) is 5.00. The molecular formula is C14H19ClN4O2. The summed E-state index contributed by atoms with van der Waals surface area (Å²) < 4.78 is 0. The number of rotatable bonds is 7. The minimum atomic E-state index is -0.382. The Hall–Kier alpha value is -1.82. The largest absolute Gasteiger partial charge is 0.370 e. The predicted octanol–water partition coefficient (Wildman–Crippen LogP) is 1.57. The first-order valence-electron chi connectivity index (χ1n) is 7.07. The van der Waals surface area contributed by atoms with Crippen molar-refractivity contribution in [2.45, 2.75) is 32.2 Å². The van der Waals surface area contributed by atoms with E-state index in [0.717, 1.165) is 25.8 Å². The zero-order chi connectivity index (χ0) is 15.2. The van der Waals surface area contributed by atoms with E-state index in [0.29, 0.717) is 11.4 Å². The standard InChI is InChI=1S/C14H19ClN4O2/c1-2-5-16-12-6-10(11(15)7-17-12)14(21)18-8-13(20)19-9-3-4-9/h6-7,9H,2-5,8H2,1H3,(H,16,17)(H,18,21)(H,19,20). The van der Waals surface area contributed by atoms with Crippen molar-refractivity contribution in [3.05, 3.63) is 22.8 Å². The first-order chi connectivity index (χ1) is 10.1. The van der Waals surface area contributed by atoms with Crippen molar-refractivity contribution in [3.8, 4) is 0 Å². The first kappa shape index (κ1) is 15.6. The minimum absolute atomic E-state index is 0.0499. The smallest absolute Gasteiger partial charge is 0.253 e. The second kappa shape index (κ2) is 7.26. The molecule has 0 unspecified atom stereocenters. The van der Waals surface area contributed by atoms with E-state index in [4.69, 9.17) is 11.6 Å². The van der Waals surface area contributed by atoms with E-state index >= 15 is 0 Å². The maximum Gasteiger partial charge on any atom is 0.253 e. The summed E-state index contributed by atoms with van der Waals surface area (Å²) in [5.74, 6) is 0.0297. The van der Waals surface area contributed by atoms with Gasteiger partial charge in [-0.2, -0.15) is 0 Å². The predicted molar refractivity (Wildman–Crippen MR) is 81.5 cm³/mol. The van der Waals surface area contributed by atoms with Crippen LogP contribution in [-0.4, -0.2) is 35.9 Å². The molecule has 0 atom stereocenters. The third kappa shape index (κ3) is 4.90. The first-order valence-corrected chi connectivity index (χ1v) is 7.45. The van der Waals surface area contributed by atoms with Gasteiger partial charge < -0.3 is 16.0 Å². The SMILES string of the molecule is CCCNc1cc(C(=O)NCC(=O)NC2CC2)c(Cl)cn1. The second-order valence-corrected chi connectivity index (χ2v) is 5.41. The van der Waals surface area contributed by atoms with Crippen LogP contribution in [0, 0.1) is 0 Å². The molecule has 0 aromatic carbocycles. The molecule has 0 aliphatic heterocycles. The normalized spacial score (nSPS) is 13.6. The number of pyridine rings is 1. The summed E-state index contributed by atoms with van der Waals surface area (Å²) in [7, 11) is 0. The molecule has 0 bridgehead atoms. The summed E-state index contributed by atoms with van der Waals surface area (Å²) in [5, 5.41) is 8.72. The van der Waals surface area contributed by atoms with Crippen LogP contribution in [0.4, 0.5) is 5.82 Å². The van der Waals surface area contributed by atoms with Crippen LogP contribution in [0.3, 0.4) is 0 Å². The lowest BCUT2D eigenvalue weighted by Crippen LogP contribution is -2.37. The number of amides is 2. The molecule has 0 radical (unpaired) electrons. The third-order valence-electron chi connectivity index (χ3n) is 3.01. The molecular weight excluding hydrogens is 292 g/mol. The fourth-order valence-electron chi connectivity index (χ4n) is 1.72. The Labute approximate surface area is 128 Å². The van der Waals surface area contributed by atoms with Crippen LogP contribution in [0.5, 0.6) is 0 Å². The van der Waals surface area contributed by atoms with Gasteiger partial charge in [0, 0.05) is 18.8 Å². The van der Waals surface area contributed by atoms with Crippen LogP contribution in [0.25, 0.3) is 0 Å². The van der Waals surface area contributed by atoms with Crippen LogP contribution >= 0.6 is 11.6 Å². The molecule has 1 fully saturated rings. The molecule has 2 amide bonds. The number of nitrogens with one attached hydrogen (secondary N) is 3. The maximum atomic E-state index is 12.1. The van der Waals surface area contributed by atoms with Crippen molar-refractivity contribution >= 4 is 29.2 Å². The van der Waals surface area contributed by atoms with Gasteiger partial charge in [0.1, 0.15) is 5.82 Å². The van der Waals surface area contributed by atoms with Gasteiger partial charge in [0.05, 0.1) is 17.1 Å². The van der Waals surface area contributed by atoms with Crippen LogP contribution in [0.1, 0.15) is 36.5 Å². The number of carbonyl (C=O) groups is 2. The summed E-state index contributed by atoms with van der Waals surface area (Å²) >= 11 is 5.98. The zero-order valence-corrected chi connectivity index (χ0v) is 12.7. The van der Waals surface area contributed by atoms with Crippen molar-refractivity contribution in [1.29, 1.82) is 0 Å². The molecule has 0 spiro atoms. The third-order valence-corrected chi connectivity index (χ3v) is 3.31. The molecule has 1 saturated carbocycles. The van der Waals surface area contributed by atoms with E-state index in [2.05, 4.69) is 20.9 Å². The molecule has 114 valence electrons. The number of nitrogens with zero attached hydrogens (tertiary/aromatic N) is 1. The van der Waals surface area contributed by atoms with E-state index in [1.165, 1.54) is 6.20 Å². The molecule has 3 N–H and O–H groups in total. The van der Waals surface area contributed by atoms with Crippen molar-refractivity contribution < 1.29 is 9.59 Å².